The Balaban J connectivity index is 0.00000289. The van der Waals surface area contributed by atoms with E-state index in [0.29, 0.717) is 5.56 Å². The number of para-hydroxylation sites is 1. The van der Waals surface area contributed by atoms with Crippen LogP contribution < -0.4 is 16.2 Å². The summed E-state index contributed by atoms with van der Waals surface area (Å²) >= 11 is 0. The van der Waals surface area contributed by atoms with Crippen molar-refractivity contribution in [3.05, 3.63) is 29.8 Å². The molecule has 0 atom stereocenters. The van der Waals surface area contributed by atoms with Crippen molar-refractivity contribution in [1.82, 2.24) is 0 Å². The number of halogens is 4. The molecule has 0 spiro atoms. The van der Waals surface area contributed by atoms with Gasteiger partial charge in [-0.25, -0.2) is 4.99 Å². The van der Waals surface area contributed by atoms with Crippen LogP contribution in [-0.4, -0.2) is 18.7 Å². The van der Waals surface area contributed by atoms with Crippen molar-refractivity contribution in [1.29, 1.82) is 0 Å². The van der Waals surface area contributed by atoms with Crippen LogP contribution in [0.25, 0.3) is 0 Å². The third-order valence-corrected chi connectivity index (χ3v) is 1.80. The quantitative estimate of drug-likeness (QED) is 0.481. The first kappa shape index (κ1) is 16.8. The molecule has 0 unspecified atom stereocenters. The van der Waals surface area contributed by atoms with Crippen molar-refractivity contribution in [2.75, 3.05) is 6.61 Å². The predicted molar refractivity (Wildman–Crippen MR) is 72.9 cm³/mol. The second-order valence-corrected chi connectivity index (χ2v) is 3.25. The van der Waals surface area contributed by atoms with E-state index in [-0.39, 0.29) is 42.2 Å². The highest BCUT2D eigenvalue weighted by Crippen LogP contribution is 2.22. The first-order valence-electron chi connectivity index (χ1n) is 4.71. The number of hydrogen-bond acceptors (Lipinski definition) is 2. The van der Waals surface area contributed by atoms with Crippen LogP contribution in [-0.2, 0) is 6.54 Å². The van der Waals surface area contributed by atoms with Gasteiger partial charge in [-0.2, -0.15) is 13.2 Å². The lowest BCUT2D eigenvalue weighted by atomic mass is 10.2. The molecule has 1 aromatic rings. The average molecular weight is 375 g/mol. The molecule has 4 nitrogen and oxygen atoms in total. The minimum atomic E-state index is -4.37. The van der Waals surface area contributed by atoms with Crippen LogP contribution in [0.15, 0.2) is 29.3 Å². The molecule has 0 fully saturated rings. The van der Waals surface area contributed by atoms with Crippen molar-refractivity contribution in [3.63, 3.8) is 0 Å². The lowest BCUT2D eigenvalue weighted by Gasteiger charge is -2.11. The summed E-state index contributed by atoms with van der Waals surface area (Å²) in [7, 11) is 0. The number of aliphatic imine (C=N–C) groups is 1. The van der Waals surface area contributed by atoms with Crippen molar-refractivity contribution < 1.29 is 17.9 Å². The molecule has 18 heavy (non-hydrogen) atoms. The third-order valence-electron chi connectivity index (χ3n) is 1.80. The van der Waals surface area contributed by atoms with Crippen molar-refractivity contribution in [2.24, 2.45) is 16.5 Å². The monoisotopic (exact) mass is 375 g/mol. The molecule has 0 aromatic heterocycles. The van der Waals surface area contributed by atoms with Gasteiger partial charge in [0.1, 0.15) is 5.75 Å². The fourth-order valence-electron chi connectivity index (χ4n) is 1.11. The number of ether oxygens (including phenoxy) is 1. The normalized spacial score (nSPS) is 10.4. The van der Waals surface area contributed by atoms with Gasteiger partial charge >= 0.3 is 6.18 Å². The highest BCUT2D eigenvalue weighted by atomic mass is 127. The molecule has 0 heterocycles. The second kappa shape index (κ2) is 7.29. The molecule has 0 saturated carbocycles. The molecule has 0 aliphatic rings. The molecule has 102 valence electrons. The Morgan fingerprint density at radius 3 is 2.39 bits per heavy atom. The van der Waals surface area contributed by atoms with E-state index in [1.807, 2.05) is 0 Å². The maximum absolute atomic E-state index is 12.0. The molecule has 1 rings (SSSR count). The molecule has 0 radical (unpaired) electrons. The Hall–Kier alpha value is -1.19. The summed E-state index contributed by atoms with van der Waals surface area (Å²) in [6.45, 7) is -1.26. The minimum absolute atomic E-state index is 0. The van der Waals surface area contributed by atoms with Gasteiger partial charge in [-0.1, -0.05) is 18.2 Å². The van der Waals surface area contributed by atoms with Gasteiger partial charge in [0.25, 0.3) is 0 Å². The van der Waals surface area contributed by atoms with Gasteiger partial charge in [-0.3, -0.25) is 0 Å². The fraction of sp³-hybridized carbons (Fsp3) is 0.300. The highest BCUT2D eigenvalue weighted by Gasteiger charge is 2.28. The molecular formula is C10H13F3IN3O. The Morgan fingerprint density at radius 2 is 1.83 bits per heavy atom. The van der Waals surface area contributed by atoms with E-state index in [1.54, 1.807) is 18.2 Å². The zero-order valence-electron chi connectivity index (χ0n) is 9.28. The maximum Gasteiger partial charge on any atom is 0.422 e. The van der Waals surface area contributed by atoms with Gasteiger partial charge in [0.05, 0.1) is 6.54 Å². The van der Waals surface area contributed by atoms with E-state index in [4.69, 9.17) is 11.5 Å². The zero-order chi connectivity index (χ0) is 12.9. The number of nitrogens with zero attached hydrogens (tertiary/aromatic N) is 1. The lowest BCUT2D eigenvalue weighted by Crippen LogP contribution is -2.23. The van der Waals surface area contributed by atoms with Crippen LogP contribution in [0.1, 0.15) is 5.56 Å². The number of guanidine groups is 1. The summed E-state index contributed by atoms with van der Waals surface area (Å²) in [6.07, 6.45) is -4.37. The topological polar surface area (TPSA) is 73.6 Å². The first-order valence-corrected chi connectivity index (χ1v) is 4.71. The van der Waals surface area contributed by atoms with Crippen LogP contribution in [0.5, 0.6) is 5.75 Å². The van der Waals surface area contributed by atoms with Crippen molar-refractivity contribution in [2.45, 2.75) is 12.7 Å². The number of rotatable bonds is 4. The van der Waals surface area contributed by atoms with E-state index >= 15 is 0 Å². The molecule has 0 saturated heterocycles. The van der Waals surface area contributed by atoms with Crippen molar-refractivity contribution >= 4 is 29.9 Å². The smallest absolute Gasteiger partial charge is 0.422 e. The Morgan fingerprint density at radius 1 is 1.22 bits per heavy atom. The predicted octanol–water partition coefficient (Wildman–Crippen LogP) is 2.02. The molecule has 0 aliphatic carbocycles. The third kappa shape index (κ3) is 6.52. The van der Waals surface area contributed by atoms with Crippen molar-refractivity contribution in [3.8, 4) is 5.75 Å². The summed E-state index contributed by atoms with van der Waals surface area (Å²) in [5.74, 6) is -0.00884. The first-order chi connectivity index (χ1) is 7.88. The van der Waals surface area contributed by atoms with Crippen LogP contribution in [0.4, 0.5) is 13.2 Å². The van der Waals surface area contributed by atoms with Gasteiger partial charge in [-0.15, -0.1) is 24.0 Å². The van der Waals surface area contributed by atoms with Crippen LogP contribution in [0, 0.1) is 0 Å². The van der Waals surface area contributed by atoms with Gasteiger partial charge < -0.3 is 16.2 Å². The second-order valence-electron chi connectivity index (χ2n) is 3.25. The Kier molecular flexibility index (Phi) is 6.81. The Labute approximate surface area is 119 Å². The van der Waals surface area contributed by atoms with Gasteiger partial charge in [0, 0.05) is 5.56 Å². The van der Waals surface area contributed by atoms with Gasteiger partial charge in [0.2, 0.25) is 0 Å². The van der Waals surface area contributed by atoms with E-state index in [2.05, 4.69) is 9.73 Å². The lowest BCUT2D eigenvalue weighted by molar-refractivity contribution is -0.153. The van der Waals surface area contributed by atoms with Crippen LogP contribution in [0.3, 0.4) is 0 Å². The molecule has 1 aromatic carbocycles. The van der Waals surface area contributed by atoms with E-state index in [9.17, 15) is 13.2 Å². The summed E-state index contributed by atoms with van der Waals surface area (Å²) < 4.78 is 40.6. The molecular weight excluding hydrogens is 362 g/mol. The number of benzene rings is 1. The largest absolute Gasteiger partial charge is 0.484 e. The van der Waals surface area contributed by atoms with Crippen LogP contribution >= 0.6 is 24.0 Å². The zero-order valence-corrected chi connectivity index (χ0v) is 11.6. The summed E-state index contributed by atoms with van der Waals surface area (Å²) in [6, 6.07) is 6.27. The molecule has 0 amide bonds. The summed E-state index contributed by atoms with van der Waals surface area (Å²) in [5.41, 5.74) is 10.8. The SMILES string of the molecule is I.NC(N)=NCc1ccccc1OCC(F)(F)F. The maximum atomic E-state index is 12.0. The highest BCUT2D eigenvalue weighted by molar-refractivity contribution is 14.0. The van der Waals surface area contributed by atoms with E-state index in [1.165, 1.54) is 6.07 Å². The number of hydrogen-bond donors (Lipinski definition) is 2. The fourth-order valence-corrected chi connectivity index (χ4v) is 1.11. The number of alkyl halides is 3. The summed E-state index contributed by atoms with van der Waals surface area (Å²) in [4.78, 5) is 3.71. The van der Waals surface area contributed by atoms with E-state index in [0.717, 1.165) is 0 Å². The molecule has 0 bridgehead atoms. The minimum Gasteiger partial charge on any atom is -0.484 e. The molecule has 8 heteroatoms. The van der Waals surface area contributed by atoms with E-state index < -0.39 is 12.8 Å². The Bertz CT molecular complexity index is 406. The van der Waals surface area contributed by atoms with Gasteiger partial charge in [-0.05, 0) is 6.07 Å². The number of nitrogens with two attached hydrogens (primary N) is 2. The van der Waals surface area contributed by atoms with Crippen LogP contribution in [0.2, 0.25) is 0 Å². The van der Waals surface area contributed by atoms with Gasteiger partial charge in [0.15, 0.2) is 12.6 Å². The molecule has 4 N–H and O–H groups in total. The standard InChI is InChI=1S/C10H12F3N3O.HI/c11-10(12,13)6-17-8-4-2-1-3-7(8)5-16-9(14)15;/h1-4H,5-6H2,(H4,14,15,16);1H. The molecule has 0 aliphatic heterocycles. The average Bonchev–Trinajstić information content (AvgIpc) is 2.23. The summed E-state index contributed by atoms with van der Waals surface area (Å²) in [5, 5.41) is 0.